The number of amides is 1. The van der Waals surface area contributed by atoms with Crippen molar-refractivity contribution in [3.63, 3.8) is 0 Å². The van der Waals surface area contributed by atoms with Crippen molar-refractivity contribution in [2.45, 2.75) is 39.1 Å². The highest BCUT2D eigenvalue weighted by Gasteiger charge is 2.48. The highest BCUT2D eigenvalue weighted by molar-refractivity contribution is 7.54. The Morgan fingerprint density at radius 1 is 1.38 bits per heavy atom. The van der Waals surface area contributed by atoms with Gasteiger partial charge >= 0.3 is 7.60 Å². The van der Waals surface area contributed by atoms with Crippen molar-refractivity contribution in [1.29, 1.82) is 0 Å². The number of carbonyl (C=O) groups excluding carboxylic acids is 1. The first-order valence-corrected chi connectivity index (χ1v) is 9.66. The van der Waals surface area contributed by atoms with E-state index in [2.05, 4.69) is 5.32 Å². The Morgan fingerprint density at radius 2 is 2.04 bits per heavy atom. The molecule has 2 rings (SSSR count). The predicted molar refractivity (Wildman–Crippen MR) is 91.7 cm³/mol. The molecule has 1 N–H and O–H groups in total. The van der Waals surface area contributed by atoms with Gasteiger partial charge in [0.05, 0.1) is 13.2 Å². The third kappa shape index (κ3) is 4.43. The van der Waals surface area contributed by atoms with E-state index in [1.807, 2.05) is 31.2 Å². The fourth-order valence-electron chi connectivity index (χ4n) is 2.65. The van der Waals surface area contributed by atoms with Gasteiger partial charge in [0, 0.05) is 19.2 Å². The molecule has 0 radical (unpaired) electrons. The smallest absolute Gasteiger partial charge is 0.324 e. The number of hydrogen-bond donors (Lipinski definition) is 1. The highest BCUT2D eigenvalue weighted by Crippen LogP contribution is 2.57. The van der Waals surface area contributed by atoms with Gasteiger partial charge in [0.1, 0.15) is 5.78 Å². The average Bonchev–Trinajstić information content (AvgIpc) is 2.90. The standard InChI is InChI=1S/C16H25N2O5P/c1-5-21-24(20,22-6-2)15-11-14(23-18(15)4)16(19)17-13-9-7-8-12(3)10-13/h7-10,14-15H,5-6,11H2,1-4H3,(H,17,19)/t14-,15+/m1/s1. The van der Waals surface area contributed by atoms with Crippen LogP contribution in [0, 0.1) is 6.92 Å². The van der Waals surface area contributed by atoms with Crippen LogP contribution in [0.3, 0.4) is 0 Å². The maximum absolute atomic E-state index is 12.9. The van der Waals surface area contributed by atoms with Crippen molar-refractivity contribution in [2.24, 2.45) is 0 Å². The number of nitrogens with zero attached hydrogens (tertiary/aromatic N) is 1. The number of hydroxylamine groups is 2. The summed E-state index contributed by atoms with van der Waals surface area (Å²) in [7, 11) is -1.74. The number of aryl methyl sites for hydroxylation is 1. The summed E-state index contributed by atoms with van der Waals surface area (Å²) in [6, 6.07) is 7.51. The molecule has 0 unspecified atom stereocenters. The number of carbonyl (C=O) groups is 1. The van der Waals surface area contributed by atoms with Crippen molar-refractivity contribution >= 4 is 19.2 Å². The first-order chi connectivity index (χ1) is 11.4. The van der Waals surface area contributed by atoms with E-state index in [1.165, 1.54) is 5.06 Å². The van der Waals surface area contributed by atoms with E-state index in [0.717, 1.165) is 5.56 Å². The summed E-state index contributed by atoms with van der Waals surface area (Å²) in [6.07, 6.45) is -0.499. The molecule has 134 valence electrons. The summed E-state index contributed by atoms with van der Waals surface area (Å²) >= 11 is 0. The topological polar surface area (TPSA) is 77.1 Å². The maximum atomic E-state index is 12.9. The minimum Gasteiger partial charge on any atom is -0.324 e. The lowest BCUT2D eigenvalue weighted by atomic mass is 10.2. The van der Waals surface area contributed by atoms with Crippen molar-refractivity contribution in [3.8, 4) is 0 Å². The molecule has 0 aromatic heterocycles. The molecule has 24 heavy (non-hydrogen) atoms. The quantitative estimate of drug-likeness (QED) is 0.756. The van der Waals surface area contributed by atoms with Crippen molar-refractivity contribution in [3.05, 3.63) is 29.8 Å². The molecule has 1 fully saturated rings. The van der Waals surface area contributed by atoms with Crippen LogP contribution >= 0.6 is 7.60 Å². The van der Waals surface area contributed by atoms with Crippen LogP contribution in [0.5, 0.6) is 0 Å². The van der Waals surface area contributed by atoms with Gasteiger partial charge in [-0.3, -0.25) is 14.2 Å². The SMILES string of the molecule is CCOP(=O)(OCC)[C@H]1C[C@H](C(=O)Nc2cccc(C)c2)ON1C. The zero-order valence-electron chi connectivity index (χ0n) is 14.5. The molecule has 1 aliphatic rings. The molecule has 7 nitrogen and oxygen atoms in total. The molecule has 1 heterocycles. The Labute approximate surface area is 142 Å². The lowest BCUT2D eigenvalue weighted by Gasteiger charge is -2.25. The summed E-state index contributed by atoms with van der Waals surface area (Å²) in [4.78, 5) is 18.0. The van der Waals surface area contributed by atoms with Gasteiger partial charge in [0.25, 0.3) is 5.91 Å². The van der Waals surface area contributed by atoms with E-state index < -0.39 is 19.5 Å². The van der Waals surface area contributed by atoms with Crippen molar-refractivity contribution in [2.75, 3.05) is 25.6 Å². The van der Waals surface area contributed by atoms with Crippen LogP contribution in [0.4, 0.5) is 5.69 Å². The molecular weight excluding hydrogens is 331 g/mol. The van der Waals surface area contributed by atoms with E-state index in [-0.39, 0.29) is 25.5 Å². The van der Waals surface area contributed by atoms with E-state index in [1.54, 1.807) is 20.9 Å². The van der Waals surface area contributed by atoms with Crippen LogP contribution in [0.2, 0.25) is 0 Å². The molecule has 1 saturated heterocycles. The fraction of sp³-hybridized carbons (Fsp3) is 0.562. The zero-order valence-corrected chi connectivity index (χ0v) is 15.4. The minimum absolute atomic E-state index is 0.241. The summed E-state index contributed by atoms with van der Waals surface area (Å²) in [5.41, 5.74) is 1.75. The normalized spacial score (nSPS) is 21.8. The van der Waals surface area contributed by atoms with Gasteiger partial charge in [0.2, 0.25) is 0 Å². The first-order valence-electron chi connectivity index (χ1n) is 8.05. The van der Waals surface area contributed by atoms with Gasteiger partial charge < -0.3 is 14.4 Å². The second kappa shape index (κ2) is 8.23. The molecule has 0 aliphatic carbocycles. The molecule has 8 heteroatoms. The Hall–Kier alpha value is -1.24. The summed E-state index contributed by atoms with van der Waals surface area (Å²) < 4.78 is 23.6. The van der Waals surface area contributed by atoms with Gasteiger partial charge in [0.15, 0.2) is 6.10 Å². The van der Waals surface area contributed by atoms with Gasteiger partial charge in [-0.2, -0.15) is 5.06 Å². The lowest BCUT2D eigenvalue weighted by molar-refractivity contribution is -0.155. The highest BCUT2D eigenvalue weighted by atomic mass is 31.2. The Kier molecular flexibility index (Phi) is 6.54. The van der Waals surface area contributed by atoms with Crippen LogP contribution in [0.15, 0.2) is 24.3 Å². The maximum Gasteiger partial charge on any atom is 0.350 e. The van der Waals surface area contributed by atoms with Crippen LogP contribution in [-0.2, 0) is 23.2 Å². The zero-order chi connectivity index (χ0) is 17.7. The molecule has 0 bridgehead atoms. The van der Waals surface area contributed by atoms with Gasteiger partial charge in [-0.25, -0.2) is 0 Å². The monoisotopic (exact) mass is 356 g/mol. The number of anilines is 1. The fourth-order valence-corrected chi connectivity index (χ4v) is 4.69. The van der Waals surface area contributed by atoms with E-state index in [0.29, 0.717) is 5.69 Å². The van der Waals surface area contributed by atoms with Crippen LogP contribution in [-0.4, -0.2) is 43.1 Å². The minimum atomic E-state index is -3.37. The largest absolute Gasteiger partial charge is 0.350 e. The second-order valence-electron chi connectivity index (χ2n) is 5.59. The van der Waals surface area contributed by atoms with Crippen molar-refractivity contribution in [1.82, 2.24) is 5.06 Å². The average molecular weight is 356 g/mol. The molecule has 2 atom stereocenters. The summed E-state index contributed by atoms with van der Waals surface area (Å²) in [5, 5.41) is 4.23. The molecule has 1 aliphatic heterocycles. The van der Waals surface area contributed by atoms with E-state index >= 15 is 0 Å². The number of rotatable bonds is 7. The third-order valence-corrected chi connectivity index (χ3v) is 6.20. The van der Waals surface area contributed by atoms with E-state index in [9.17, 15) is 9.36 Å². The third-order valence-electron chi connectivity index (χ3n) is 3.70. The van der Waals surface area contributed by atoms with Gasteiger partial charge in [-0.05, 0) is 38.5 Å². The Balaban J connectivity index is 2.06. The second-order valence-corrected chi connectivity index (χ2v) is 7.78. The van der Waals surface area contributed by atoms with Crippen molar-refractivity contribution < 1.29 is 23.2 Å². The first kappa shape index (κ1) is 19.1. The molecule has 1 aromatic carbocycles. The molecule has 0 spiro atoms. The molecule has 0 saturated carbocycles. The number of benzene rings is 1. The number of hydrogen-bond acceptors (Lipinski definition) is 6. The van der Waals surface area contributed by atoms with Crippen LogP contribution in [0.25, 0.3) is 0 Å². The van der Waals surface area contributed by atoms with Gasteiger partial charge in [-0.1, -0.05) is 12.1 Å². The Bertz CT molecular complexity index is 614. The Morgan fingerprint density at radius 3 is 2.62 bits per heavy atom. The molecule has 1 amide bonds. The molecular formula is C16H25N2O5P. The lowest BCUT2D eigenvalue weighted by Crippen LogP contribution is -2.28. The van der Waals surface area contributed by atoms with E-state index in [4.69, 9.17) is 13.9 Å². The van der Waals surface area contributed by atoms with Crippen LogP contribution in [0.1, 0.15) is 25.8 Å². The molecule has 1 aromatic rings. The van der Waals surface area contributed by atoms with Gasteiger partial charge in [-0.15, -0.1) is 0 Å². The van der Waals surface area contributed by atoms with Crippen LogP contribution < -0.4 is 5.32 Å². The summed E-state index contributed by atoms with van der Waals surface area (Å²) in [6.45, 7) is 5.99. The summed E-state index contributed by atoms with van der Waals surface area (Å²) in [5.74, 6) is -0.889. The predicted octanol–water partition coefficient (Wildman–Crippen LogP) is 3.16. The number of nitrogens with one attached hydrogen (secondary N) is 1.